The summed E-state index contributed by atoms with van der Waals surface area (Å²) in [7, 11) is 0. The van der Waals surface area contributed by atoms with Gasteiger partial charge in [-0.05, 0) is 6.42 Å². The fraction of sp³-hybridized carbons (Fsp3) is 0.500. The monoisotopic (exact) mass is 326 g/mol. The Morgan fingerprint density at radius 2 is 1.67 bits per heavy atom. The van der Waals surface area contributed by atoms with E-state index in [9.17, 15) is 17.6 Å². The molecule has 0 amide bonds. The van der Waals surface area contributed by atoms with Crippen LogP contribution in [0.15, 0.2) is 6.07 Å². The van der Waals surface area contributed by atoms with E-state index in [1.54, 1.807) is 0 Å². The molecule has 1 fully saturated rings. The second kappa shape index (κ2) is 4.40. The van der Waals surface area contributed by atoms with Crippen molar-refractivity contribution in [2.75, 3.05) is 0 Å². The summed E-state index contributed by atoms with van der Waals surface area (Å²) >= 11 is 3.39. The summed E-state index contributed by atoms with van der Waals surface area (Å²) in [6, 6.07) is 0.163. The van der Waals surface area contributed by atoms with Crippen LogP contribution in [0.1, 0.15) is 20.3 Å². The fourth-order valence-electron chi connectivity index (χ4n) is 1.83. The third-order valence-corrected chi connectivity index (χ3v) is 4.94. The molecule has 1 aliphatic rings. The highest BCUT2D eigenvalue weighted by Crippen LogP contribution is 2.48. The third kappa shape index (κ3) is 2.00. The smallest absolute Gasteiger partial charge is 0.203 e. The van der Waals surface area contributed by atoms with Crippen LogP contribution >= 0.6 is 15.9 Å². The predicted octanol–water partition coefficient (Wildman–Crippen LogP) is 4.18. The Morgan fingerprint density at radius 3 is 2.06 bits per heavy atom. The van der Waals surface area contributed by atoms with E-state index in [2.05, 4.69) is 15.9 Å². The van der Waals surface area contributed by atoms with Crippen LogP contribution < -0.4 is 4.74 Å². The molecule has 2 atom stereocenters. The molecule has 6 heteroatoms. The van der Waals surface area contributed by atoms with Crippen molar-refractivity contribution in [3.8, 4) is 5.75 Å². The van der Waals surface area contributed by atoms with E-state index in [1.807, 2.05) is 13.8 Å². The van der Waals surface area contributed by atoms with Crippen molar-refractivity contribution in [1.29, 1.82) is 0 Å². The van der Waals surface area contributed by atoms with E-state index in [4.69, 9.17) is 4.74 Å². The molecule has 0 aromatic heterocycles. The Hall–Kier alpha value is -0.780. The van der Waals surface area contributed by atoms with Gasteiger partial charge in [-0.25, -0.2) is 8.78 Å². The maximum atomic E-state index is 13.4. The highest BCUT2D eigenvalue weighted by Gasteiger charge is 2.49. The second-order valence-electron chi connectivity index (χ2n) is 4.93. The molecule has 0 N–H and O–H groups in total. The lowest BCUT2D eigenvalue weighted by Gasteiger charge is -2.48. The lowest BCUT2D eigenvalue weighted by molar-refractivity contribution is -0.0136. The first-order valence-electron chi connectivity index (χ1n) is 5.39. The number of ether oxygens (including phenoxy) is 1. The van der Waals surface area contributed by atoms with Crippen molar-refractivity contribution in [3.63, 3.8) is 0 Å². The highest BCUT2D eigenvalue weighted by molar-refractivity contribution is 9.09. The Balaban J connectivity index is 2.31. The minimum Gasteiger partial charge on any atom is -0.484 e. The molecule has 0 saturated heterocycles. The molecular weight excluding hydrogens is 316 g/mol. The first kappa shape index (κ1) is 13.6. The number of hydrogen-bond acceptors (Lipinski definition) is 1. The number of halogens is 5. The van der Waals surface area contributed by atoms with Gasteiger partial charge in [0.15, 0.2) is 17.4 Å². The van der Waals surface area contributed by atoms with Gasteiger partial charge >= 0.3 is 0 Å². The van der Waals surface area contributed by atoms with Crippen LogP contribution in [0.2, 0.25) is 0 Å². The van der Waals surface area contributed by atoms with Gasteiger partial charge < -0.3 is 4.74 Å². The summed E-state index contributed by atoms with van der Waals surface area (Å²) in [4.78, 5) is 0.138. The molecule has 1 aliphatic carbocycles. The van der Waals surface area contributed by atoms with Crippen molar-refractivity contribution in [2.24, 2.45) is 5.41 Å². The number of rotatable bonds is 2. The van der Waals surface area contributed by atoms with Crippen LogP contribution in [0.4, 0.5) is 17.6 Å². The van der Waals surface area contributed by atoms with Crippen molar-refractivity contribution in [1.82, 2.24) is 0 Å². The minimum absolute atomic E-state index is 0.138. The Morgan fingerprint density at radius 1 is 1.17 bits per heavy atom. The predicted molar refractivity (Wildman–Crippen MR) is 61.8 cm³/mol. The average molecular weight is 327 g/mol. The van der Waals surface area contributed by atoms with Gasteiger partial charge in [-0.1, -0.05) is 29.8 Å². The number of hydrogen-bond donors (Lipinski definition) is 0. The molecule has 0 spiro atoms. The SMILES string of the molecule is CC1(C)C(Br)CC1Oc1c(F)c(F)cc(F)c1F. The fourth-order valence-corrected chi connectivity index (χ4v) is 2.47. The van der Waals surface area contributed by atoms with Crippen molar-refractivity contribution >= 4 is 15.9 Å². The van der Waals surface area contributed by atoms with Gasteiger partial charge in [-0.2, -0.15) is 8.78 Å². The van der Waals surface area contributed by atoms with E-state index >= 15 is 0 Å². The normalized spacial score (nSPS) is 25.7. The van der Waals surface area contributed by atoms with E-state index in [0.29, 0.717) is 6.42 Å². The Bertz CT molecular complexity index is 463. The van der Waals surface area contributed by atoms with Crippen molar-refractivity contribution < 1.29 is 22.3 Å². The zero-order chi connectivity index (χ0) is 13.7. The molecule has 1 aromatic carbocycles. The van der Waals surface area contributed by atoms with Gasteiger partial charge in [0.05, 0.1) is 0 Å². The first-order valence-corrected chi connectivity index (χ1v) is 6.30. The third-order valence-electron chi connectivity index (χ3n) is 3.39. The highest BCUT2D eigenvalue weighted by atomic mass is 79.9. The van der Waals surface area contributed by atoms with E-state index < -0.39 is 35.1 Å². The zero-order valence-corrected chi connectivity index (χ0v) is 11.3. The summed E-state index contributed by atoms with van der Waals surface area (Å²) in [5.74, 6) is -6.90. The quantitative estimate of drug-likeness (QED) is 0.450. The van der Waals surface area contributed by atoms with Gasteiger partial charge in [0.25, 0.3) is 0 Å². The number of benzene rings is 1. The molecular formula is C12H11BrF4O. The average Bonchev–Trinajstić information content (AvgIpc) is 2.30. The van der Waals surface area contributed by atoms with Crippen LogP contribution in [0, 0.1) is 28.7 Å². The van der Waals surface area contributed by atoms with Crippen LogP contribution in [-0.4, -0.2) is 10.9 Å². The summed E-state index contributed by atoms with van der Waals surface area (Å²) in [6.07, 6.45) is 0.0244. The molecule has 0 heterocycles. The van der Waals surface area contributed by atoms with Crippen LogP contribution in [0.3, 0.4) is 0 Å². The lowest BCUT2D eigenvalue weighted by Crippen LogP contribution is -2.53. The summed E-state index contributed by atoms with van der Waals surface area (Å²) in [5, 5.41) is 0. The van der Waals surface area contributed by atoms with E-state index in [0.717, 1.165) is 0 Å². The summed E-state index contributed by atoms with van der Waals surface area (Å²) < 4.78 is 57.9. The standard InChI is InChI=1S/C12H11BrF4O/c1-12(2)7(13)4-8(12)18-11-9(16)5(14)3-6(15)10(11)17/h3,7-8H,4H2,1-2H3. The van der Waals surface area contributed by atoms with E-state index in [-0.39, 0.29) is 16.3 Å². The van der Waals surface area contributed by atoms with Gasteiger partial charge in [-0.3, -0.25) is 0 Å². The lowest BCUT2D eigenvalue weighted by atomic mass is 9.69. The Labute approximate surface area is 110 Å². The van der Waals surface area contributed by atoms with Crippen molar-refractivity contribution in [3.05, 3.63) is 29.3 Å². The molecule has 0 bridgehead atoms. The topological polar surface area (TPSA) is 9.23 Å². The zero-order valence-electron chi connectivity index (χ0n) is 9.74. The minimum atomic E-state index is -1.50. The summed E-state index contributed by atoms with van der Waals surface area (Å²) in [5.41, 5.74) is -0.359. The second-order valence-corrected chi connectivity index (χ2v) is 6.03. The van der Waals surface area contributed by atoms with Gasteiger partial charge in [-0.15, -0.1) is 0 Å². The maximum absolute atomic E-state index is 13.4. The molecule has 1 saturated carbocycles. The summed E-state index contributed by atoms with van der Waals surface area (Å²) in [6.45, 7) is 3.68. The van der Waals surface area contributed by atoms with Crippen LogP contribution in [-0.2, 0) is 0 Å². The molecule has 1 nitrogen and oxygen atoms in total. The first-order chi connectivity index (χ1) is 8.25. The van der Waals surface area contributed by atoms with Gasteiger partial charge in [0.1, 0.15) is 6.10 Å². The van der Waals surface area contributed by atoms with Gasteiger partial charge in [0.2, 0.25) is 11.6 Å². The molecule has 18 heavy (non-hydrogen) atoms. The maximum Gasteiger partial charge on any atom is 0.203 e. The number of alkyl halides is 1. The van der Waals surface area contributed by atoms with Crippen LogP contribution in [0.25, 0.3) is 0 Å². The molecule has 0 radical (unpaired) electrons. The molecule has 1 aromatic rings. The molecule has 2 rings (SSSR count). The van der Waals surface area contributed by atoms with E-state index in [1.165, 1.54) is 0 Å². The molecule has 100 valence electrons. The molecule has 2 unspecified atom stereocenters. The Kier molecular flexibility index (Phi) is 3.34. The van der Waals surface area contributed by atoms with Crippen molar-refractivity contribution in [2.45, 2.75) is 31.2 Å². The molecule has 0 aliphatic heterocycles. The van der Waals surface area contributed by atoms with Crippen LogP contribution in [0.5, 0.6) is 5.75 Å². The van der Waals surface area contributed by atoms with Gasteiger partial charge in [0, 0.05) is 16.3 Å². The largest absolute Gasteiger partial charge is 0.484 e.